The Labute approximate surface area is 153 Å². The van der Waals surface area contributed by atoms with Crippen molar-refractivity contribution in [3.63, 3.8) is 0 Å². The fourth-order valence-corrected chi connectivity index (χ4v) is 3.49. The molecule has 2 aromatic carbocycles. The molecule has 2 atom stereocenters. The van der Waals surface area contributed by atoms with Crippen LogP contribution < -0.4 is 0 Å². The van der Waals surface area contributed by atoms with E-state index in [1.165, 1.54) is 16.7 Å². The molecule has 1 unspecified atom stereocenters. The smallest absolute Gasteiger partial charge is 0.309 e. The maximum absolute atomic E-state index is 12.2. The summed E-state index contributed by atoms with van der Waals surface area (Å²) in [5, 5.41) is 11.1. The number of nitrogens with zero attached hydrogens (tertiary/aromatic N) is 1. The first-order valence-electron chi connectivity index (χ1n) is 8.83. The van der Waals surface area contributed by atoms with Gasteiger partial charge in [0.2, 0.25) is 0 Å². The van der Waals surface area contributed by atoms with Crippen LogP contribution in [0.15, 0.2) is 36.4 Å². The van der Waals surface area contributed by atoms with Crippen molar-refractivity contribution in [2.45, 2.75) is 39.5 Å². The highest BCUT2D eigenvalue weighted by molar-refractivity contribution is 5.74. The third-order valence-corrected chi connectivity index (χ3v) is 5.28. The molecule has 1 saturated heterocycles. The van der Waals surface area contributed by atoms with Gasteiger partial charge in [0.05, 0.1) is 17.4 Å². The predicted molar refractivity (Wildman–Crippen MR) is 99.3 cm³/mol. The summed E-state index contributed by atoms with van der Waals surface area (Å²) < 4.78 is 5.43. The van der Waals surface area contributed by atoms with Crippen LogP contribution in [0.5, 0.6) is 0 Å². The summed E-state index contributed by atoms with van der Waals surface area (Å²) in [6.07, 6.45) is 1.16. The number of esters is 1. The van der Waals surface area contributed by atoms with Crippen LogP contribution in [0.4, 0.5) is 5.69 Å². The number of carbonyl (C=O) groups excluding carboxylic acids is 1. The Morgan fingerprint density at radius 1 is 1.08 bits per heavy atom. The largest absolute Gasteiger partial charge is 0.465 e. The van der Waals surface area contributed by atoms with Gasteiger partial charge >= 0.3 is 5.97 Å². The summed E-state index contributed by atoms with van der Waals surface area (Å²) in [4.78, 5) is 23.0. The standard InChI is InChI=1S/C21H23NO4/c1-13-5-7-17(8-15(13)3)19-11-18(21(23)26-12-19)9-16-6-4-14(2)20(10-16)22(24)25/h4-8,10,18-19H,9,11-12H2,1-3H3/t18?,19-/m1/s1. The predicted octanol–water partition coefficient (Wildman–Crippen LogP) is 4.41. The van der Waals surface area contributed by atoms with E-state index in [2.05, 4.69) is 32.0 Å². The monoisotopic (exact) mass is 353 g/mol. The highest BCUT2D eigenvalue weighted by atomic mass is 16.6. The van der Waals surface area contributed by atoms with E-state index in [0.717, 1.165) is 5.56 Å². The molecule has 26 heavy (non-hydrogen) atoms. The van der Waals surface area contributed by atoms with Gasteiger partial charge in [0.25, 0.3) is 5.69 Å². The van der Waals surface area contributed by atoms with Gasteiger partial charge in [-0.25, -0.2) is 0 Å². The van der Waals surface area contributed by atoms with E-state index in [0.29, 0.717) is 25.0 Å². The number of ether oxygens (including phenoxy) is 1. The molecule has 1 aliphatic heterocycles. The van der Waals surface area contributed by atoms with Crippen molar-refractivity contribution in [3.05, 3.63) is 74.3 Å². The molecule has 0 bridgehead atoms. The quantitative estimate of drug-likeness (QED) is 0.464. The maximum Gasteiger partial charge on any atom is 0.309 e. The summed E-state index contributed by atoms with van der Waals surface area (Å²) in [6, 6.07) is 11.5. The van der Waals surface area contributed by atoms with Gasteiger partial charge in [0.15, 0.2) is 0 Å². The molecule has 1 fully saturated rings. The van der Waals surface area contributed by atoms with Crippen LogP contribution in [-0.4, -0.2) is 17.5 Å². The van der Waals surface area contributed by atoms with Crippen LogP contribution in [0.1, 0.15) is 40.2 Å². The number of carbonyl (C=O) groups is 1. The molecule has 3 rings (SSSR count). The van der Waals surface area contributed by atoms with E-state index in [1.807, 2.05) is 6.07 Å². The topological polar surface area (TPSA) is 69.4 Å². The van der Waals surface area contributed by atoms with Gasteiger partial charge in [-0.2, -0.15) is 0 Å². The van der Waals surface area contributed by atoms with Gasteiger partial charge in [-0.3, -0.25) is 14.9 Å². The number of rotatable bonds is 4. The molecule has 1 aliphatic rings. The highest BCUT2D eigenvalue weighted by Crippen LogP contribution is 2.33. The number of nitro groups is 1. The Kier molecular flexibility index (Phi) is 5.07. The van der Waals surface area contributed by atoms with Crippen molar-refractivity contribution in [3.8, 4) is 0 Å². The van der Waals surface area contributed by atoms with Crippen molar-refractivity contribution < 1.29 is 14.5 Å². The first-order valence-corrected chi connectivity index (χ1v) is 8.83. The van der Waals surface area contributed by atoms with Crippen LogP contribution in [0.3, 0.4) is 0 Å². The number of benzene rings is 2. The Bertz CT molecular complexity index is 859. The third-order valence-electron chi connectivity index (χ3n) is 5.28. The number of nitro benzene ring substituents is 1. The van der Waals surface area contributed by atoms with Crippen LogP contribution >= 0.6 is 0 Å². The molecule has 0 spiro atoms. The lowest BCUT2D eigenvalue weighted by molar-refractivity contribution is -0.385. The molecule has 0 radical (unpaired) electrons. The van der Waals surface area contributed by atoms with Crippen molar-refractivity contribution in [2.24, 2.45) is 5.92 Å². The summed E-state index contributed by atoms with van der Waals surface area (Å²) in [5.74, 6) is -0.330. The molecule has 0 saturated carbocycles. The van der Waals surface area contributed by atoms with E-state index in [1.54, 1.807) is 19.1 Å². The van der Waals surface area contributed by atoms with Crippen LogP contribution in [0.25, 0.3) is 0 Å². The third kappa shape index (κ3) is 3.77. The summed E-state index contributed by atoms with van der Waals surface area (Å²) in [5.41, 5.74) is 5.16. The van der Waals surface area contributed by atoms with Crippen LogP contribution in [-0.2, 0) is 16.0 Å². The zero-order valence-corrected chi connectivity index (χ0v) is 15.3. The van der Waals surface area contributed by atoms with Crippen LogP contribution in [0, 0.1) is 36.8 Å². The molecule has 0 aliphatic carbocycles. The summed E-state index contributed by atoms with van der Waals surface area (Å²) in [7, 11) is 0. The minimum absolute atomic E-state index is 0.0948. The van der Waals surface area contributed by atoms with E-state index in [4.69, 9.17) is 4.74 Å². The number of hydrogen-bond acceptors (Lipinski definition) is 4. The maximum atomic E-state index is 12.2. The molecular formula is C21H23NO4. The molecule has 0 aromatic heterocycles. The lowest BCUT2D eigenvalue weighted by Crippen LogP contribution is -2.31. The van der Waals surface area contributed by atoms with Crippen molar-refractivity contribution in [1.29, 1.82) is 0 Å². The van der Waals surface area contributed by atoms with Gasteiger partial charge in [-0.15, -0.1) is 0 Å². The zero-order valence-electron chi connectivity index (χ0n) is 15.3. The Morgan fingerprint density at radius 2 is 1.81 bits per heavy atom. The highest BCUT2D eigenvalue weighted by Gasteiger charge is 2.32. The van der Waals surface area contributed by atoms with E-state index in [9.17, 15) is 14.9 Å². The molecule has 0 amide bonds. The molecule has 2 aromatic rings. The first-order chi connectivity index (χ1) is 12.3. The number of hydrogen-bond donors (Lipinski definition) is 0. The van der Waals surface area contributed by atoms with Gasteiger partial charge < -0.3 is 4.74 Å². The second-order valence-electron chi connectivity index (χ2n) is 7.19. The Balaban J connectivity index is 1.79. The fourth-order valence-electron chi connectivity index (χ4n) is 3.49. The molecule has 5 nitrogen and oxygen atoms in total. The number of aryl methyl sites for hydroxylation is 3. The summed E-state index contributed by atoms with van der Waals surface area (Å²) in [6.45, 7) is 6.27. The average molecular weight is 353 g/mol. The zero-order chi connectivity index (χ0) is 18.8. The van der Waals surface area contributed by atoms with Gasteiger partial charge in [0, 0.05) is 17.5 Å². The molecular weight excluding hydrogens is 330 g/mol. The van der Waals surface area contributed by atoms with E-state index < -0.39 is 0 Å². The average Bonchev–Trinajstić information content (AvgIpc) is 2.60. The van der Waals surface area contributed by atoms with E-state index >= 15 is 0 Å². The molecule has 0 N–H and O–H groups in total. The molecule has 5 heteroatoms. The van der Waals surface area contributed by atoms with Crippen LogP contribution in [0.2, 0.25) is 0 Å². The van der Waals surface area contributed by atoms with Crippen molar-refractivity contribution in [2.75, 3.05) is 6.61 Å². The Morgan fingerprint density at radius 3 is 2.50 bits per heavy atom. The normalized spacial score (nSPS) is 19.9. The molecule has 1 heterocycles. The second-order valence-corrected chi connectivity index (χ2v) is 7.19. The van der Waals surface area contributed by atoms with Crippen molar-refractivity contribution in [1.82, 2.24) is 0 Å². The van der Waals surface area contributed by atoms with E-state index in [-0.39, 0.29) is 28.4 Å². The van der Waals surface area contributed by atoms with Crippen molar-refractivity contribution >= 4 is 11.7 Å². The van der Waals surface area contributed by atoms with Gasteiger partial charge in [0.1, 0.15) is 0 Å². The first kappa shape index (κ1) is 18.1. The summed E-state index contributed by atoms with van der Waals surface area (Å²) >= 11 is 0. The molecule has 136 valence electrons. The lowest BCUT2D eigenvalue weighted by Gasteiger charge is -2.29. The minimum Gasteiger partial charge on any atom is -0.465 e. The fraction of sp³-hybridized carbons (Fsp3) is 0.381. The Hall–Kier alpha value is -2.69. The second kappa shape index (κ2) is 7.28. The van der Waals surface area contributed by atoms with Gasteiger partial charge in [-0.05, 0) is 55.9 Å². The SMILES string of the molecule is Cc1ccc([C@H]2COC(=O)C(Cc3ccc(C)c([N+](=O)[O-])c3)C2)cc1C. The number of cyclic esters (lactones) is 1. The van der Waals surface area contributed by atoms with Gasteiger partial charge in [-0.1, -0.05) is 30.3 Å². The minimum atomic E-state index is -0.379. The lowest BCUT2D eigenvalue weighted by atomic mass is 9.83.